The van der Waals surface area contributed by atoms with Gasteiger partial charge >= 0.3 is 0 Å². The first-order chi connectivity index (χ1) is 10.2. The Morgan fingerprint density at radius 2 is 2.00 bits per heavy atom. The van der Waals surface area contributed by atoms with Crippen molar-refractivity contribution >= 4 is 0 Å². The molecule has 0 aromatic carbocycles. The summed E-state index contributed by atoms with van der Waals surface area (Å²) in [6.45, 7) is 8.21. The van der Waals surface area contributed by atoms with Crippen molar-refractivity contribution in [1.29, 1.82) is 0 Å². The van der Waals surface area contributed by atoms with Crippen LogP contribution >= 0.6 is 0 Å². The lowest BCUT2D eigenvalue weighted by atomic mass is 9.85. The number of likely N-dealkylation sites (tertiary alicyclic amines) is 1. The molecule has 1 aliphatic carbocycles. The molecule has 0 aromatic heterocycles. The van der Waals surface area contributed by atoms with Crippen LogP contribution in [0.1, 0.15) is 71.6 Å². The van der Waals surface area contributed by atoms with Crippen LogP contribution < -0.4 is 5.32 Å². The minimum Gasteiger partial charge on any atom is -0.394 e. The Kier molecular flexibility index (Phi) is 6.97. The lowest BCUT2D eigenvalue weighted by Crippen LogP contribution is -2.46. The molecule has 0 radical (unpaired) electrons. The molecule has 1 heterocycles. The molecule has 1 saturated heterocycles. The van der Waals surface area contributed by atoms with Gasteiger partial charge in [-0.15, -0.1) is 0 Å². The molecule has 2 N–H and O–H groups in total. The van der Waals surface area contributed by atoms with Crippen LogP contribution in [0.2, 0.25) is 0 Å². The van der Waals surface area contributed by atoms with Crippen molar-refractivity contribution < 1.29 is 5.11 Å². The Bertz CT molecular complexity index is 297. The number of aliphatic hydroxyl groups excluding tert-OH is 1. The van der Waals surface area contributed by atoms with E-state index < -0.39 is 0 Å². The van der Waals surface area contributed by atoms with E-state index in [1.54, 1.807) is 0 Å². The third-order valence-corrected chi connectivity index (χ3v) is 5.70. The zero-order valence-corrected chi connectivity index (χ0v) is 14.2. The predicted octanol–water partition coefficient (Wildman–Crippen LogP) is 3.17. The molecule has 21 heavy (non-hydrogen) atoms. The van der Waals surface area contributed by atoms with E-state index in [9.17, 15) is 5.11 Å². The fraction of sp³-hybridized carbons (Fsp3) is 1.00. The molecule has 0 spiro atoms. The first kappa shape index (κ1) is 17.2. The number of hydrogen-bond donors (Lipinski definition) is 2. The predicted molar refractivity (Wildman–Crippen MR) is 89.6 cm³/mol. The Hall–Kier alpha value is -0.120. The molecule has 3 heteroatoms. The standard InChI is InChI=1S/C18H36N2O/c1-3-12-19-18(2,15-21)11-6-7-13-20-14-10-16-8-4-5-9-17(16)20/h16-17,19,21H,3-15H2,1-2H3. The summed E-state index contributed by atoms with van der Waals surface area (Å²) in [6, 6.07) is 0.904. The summed E-state index contributed by atoms with van der Waals surface area (Å²) < 4.78 is 0. The third-order valence-electron chi connectivity index (χ3n) is 5.70. The van der Waals surface area contributed by atoms with E-state index in [4.69, 9.17) is 0 Å². The van der Waals surface area contributed by atoms with Crippen LogP contribution in [0.4, 0.5) is 0 Å². The number of hydrogen-bond acceptors (Lipinski definition) is 3. The van der Waals surface area contributed by atoms with E-state index in [0.29, 0.717) is 0 Å². The number of nitrogens with zero attached hydrogens (tertiary/aromatic N) is 1. The van der Waals surface area contributed by atoms with Crippen LogP contribution in [0.5, 0.6) is 0 Å². The van der Waals surface area contributed by atoms with Crippen LogP contribution in [0.25, 0.3) is 0 Å². The fourth-order valence-electron chi connectivity index (χ4n) is 4.26. The second-order valence-corrected chi connectivity index (χ2v) is 7.54. The summed E-state index contributed by atoms with van der Waals surface area (Å²) in [5.74, 6) is 1.01. The molecule has 2 aliphatic rings. The summed E-state index contributed by atoms with van der Waals surface area (Å²) >= 11 is 0. The number of rotatable bonds is 9. The Morgan fingerprint density at radius 3 is 2.76 bits per heavy atom. The van der Waals surface area contributed by atoms with Gasteiger partial charge in [0.05, 0.1) is 6.61 Å². The number of unbranched alkanes of at least 4 members (excludes halogenated alkanes) is 1. The van der Waals surface area contributed by atoms with Crippen LogP contribution in [-0.4, -0.2) is 47.8 Å². The quantitative estimate of drug-likeness (QED) is 0.642. The fourth-order valence-corrected chi connectivity index (χ4v) is 4.26. The average Bonchev–Trinajstić information content (AvgIpc) is 2.93. The van der Waals surface area contributed by atoms with Gasteiger partial charge in [-0.25, -0.2) is 0 Å². The van der Waals surface area contributed by atoms with Crippen LogP contribution in [0, 0.1) is 5.92 Å². The van der Waals surface area contributed by atoms with E-state index in [1.165, 1.54) is 58.0 Å². The van der Waals surface area contributed by atoms with E-state index in [0.717, 1.165) is 31.3 Å². The highest BCUT2D eigenvalue weighted by Crippen LogP contribution is 2.36. The zero-order valence-electron chi connectivity index (χ0n) is 14.2. The topological polar surface area (TPSA) is 35.5 Å². The third kappa shape index (κ3) is 4.94. The first-order valence-corrected chi connectivity index (χ1v) is 9.28. The highest BCUT2D eigenvalue weighted by atomic mass is 16.3. The Balaban J connectivity index is 1.65. The second kappa shape index (κ2) is 8.50. The molecular formula is C18H36N2O. The molecule has 1 aliphatic heterocycles. The van der Waals surface area contributed by atoms with Gasteiger partial charge in [0.1, 0.15) is 0 Å². The van der Waals surface area contributed by atoms with Gasteiger partial charge in [0, 0.05) is 11.6 Å². The summed E-state index contributed by atoms with van der Waals surface area (Å²) in [5.41, 5.74) is -0.0750. The molecule has 0 bridgehead atoms. The van der Waals surface area contributed by atoms with Gasteiger partial charge in [-0.1, -0.05) is 26.2 Å². The van der Waals surface area contributed by atoms with E-state index >= 15 is 0 Å². The smallest absolute Gasteiger partial charge is 0.0610 e. The van der Waals surface area contributed by atoms with Crippen molar-refractivity contribution in [2.75, 3.05) is 26.2 Å². The molecule has 3 unspecified atom stereocenters. The second-order valence-electron chi connectivity index (χ2n) is 7.54. The first-order valence-electron chi connectivity index (χ1n) is 9.28. The maximum Gasteiger partial charge on any atom is 0.0610 e. The van der Waals surface area contributed by atoms with Crippen LogP contribution in [0.3, 0.4) is 0 Å². The van der Waals surface area contributed by atoms with E-state index in [1.807, 2.05) is 0 Å². The normalized spacial score (nSPS) is 29.3. The minimum absolute atomic E-state index is 0.0750. The molecule has 2 rings (SSSR count). The van der Waals surface area contributed by atoms with Crippen molar-refractivity contribution in [3.05, 3.63) is 0 Å². The molecule has 0 amide bonds. The monoisotopic (exact) mass is 296 g/mol. The van der Waals surface area contributed by atoms with E-state index in [2.05, 4.69) is 24.1 Å². The van der Waals surface area contributed by atoms with Gasteiger partial charge in [0.2, 0.25) is 0 Å². The maximum absolute atomic E-state index is 9.60. The largest absolute Gasteiger partial charge is 0.394 e. The SMILES string of the molecule is CCCNC(C)(CO)CCCCN1CCC2CCCCC21. The van der Waals surface area contributed by atoms with Gasteiger partial charge in [-0.05, 0) is 71.0 Å². The van der Waals surface area contributed by atoms with Gasteiger partial charge in [0.25, 0.3) is 0 Å². The van der Waals surface area contributed by atoms with E-state index in [-0.39, 0.29) is 12.1 Å². The number of fused-ring (bicyclic) bond motifs is 1. The molecule has 0 aromatic rings. The highest BCUT2D eigenvalue weighted by Gasteiger charge is 2.35. The molecule has 3 atom stereocenters. The van der Waals surface area contributed by atoms with Gasteiger partial charge < -0.3 is 15.3 Å². The number of aliphatic hydroxyl groups is 1. The van der Waals surface area contributed by atoms with Crippen molar-refractivity contribution in [3.63, 3.8) is 0 Å². The van der Waals surface area contributed by atoms with Crippen LogP contribution in [-0.2, 0) is 0 Å². The summed E-state index contributed by atoms with van der Waals surface area (Å²) in [5, 5.41) is 13.1. The summed E-state index contributed by atoms with van der Waals surface area (Å²) in [6.07, 6.45) is 12.0. The van der Waals surface area contributed by atoms with Gasteiger partial charge in [0.15, 0.2) is 0 Å². The van der Waals surface area contributed by atoms with Gasteiger partial charge in [-0.2, -0.15) is 0 Å². The van der Waals surface area contributed by atoms with Crippen molar-refractivity contribution in [1.82, 2.24) is 10.2 Å². The minimum atomic E-state index is -0.0750. The summed E-state index contributed by atoms with van der Waals surface area (Å²) in [4.78, 5) is 2.76. The highest BCUT2D eigenvalue weighted by molar-refractivity contribution is 4.90. The average molecular weight is 296 g/mol. The number of nitrogens with one attached hydrogen (secondary N) is 1. The zero-order chi connectivity index (χ0) is 15.1. The molecule has 124 valence electrons. The Morgan fingerprint density at radius 1 is 1.19 bits per heavy atom. The lowest BCUT2D eigenvalue weighted by molar-refractivity contribution is 0.154. The molecule has 2 fully saturated rings. The Labute approximate surface area is 131 Å². The van der Waals surface area contributed by atoms with Crippen molar-refractivity contribution in [2.24, 2.45) is 5.92 Å². The maximum atomic E-state index is 9.60. The molecule has 1 saturated carbocycles. The molecule has 3 nitrogen and oxygen atoms in total. The summed E-state index contributed by atoms with van der Waals surface area (Å²) in [7, 11) is 0. The molecular weight excluding hydrogens is 260 g/mol. The van der Waals surface area contributed by atoms with Crippen molar-refractivity contribution in [2.45, 2.75) is 83.2 Å². The van der Waals surface area contributed by atoms with Crippen molar-refractivity contribution in [3.8, 4) is 0 Å². The van der Waals surface area contributed by atoms with Gasteiger partial charge in [-0.3, -0.25) is 0 Å². The van der Waals surface area contributed by atoms with Crippen LogP contribution in [0.15, 0.2) is 0 Å². The lowest BCUT2D eigenvalue weighted by Gasteiger charge is -2.32.